The number of amides is 1. The first-order valence-corrected chi connectivity index (χ1v) is 9.87. The smallest absolute Gasteiger partial charge is 0.238 e. The Kier molecular flexibility index (Phi) is 5.58. The highest BCUT2D eigenvalue weighted by Crippen LogP contribution is 2.30. The molecule has 0 saturated carbocycles. The van der Waals surface area contributed by atoms with E-state index in [1.807, 2.05) is 42.5 Å². The number of hydrogen-bond donors (Lipinski definition) is 1. The Bertz CT molecular complexity index is 905. The lowest BCUT2D eigenvalue weighted by Crippen LogP contribution is -2.41. The third-order valence-corrected chi connectivity index (χ3v) is 5.33. The van der Waals surface area contributed by atoms with Crippen molar-refractivity contribution in [1.82, 2.24) is 9.88 Å². The second kappa shape index (κ2) is 8.43. The second-order valence-corrected chi connectivity index (χ2v) is 7.28. The number of carbonyl (C=O) groups is 1. The van der Waals surface area contributed by atoms with Gasteiger partial charge in [0, 0.05) is 35.3 Å². The maximum Gasteiger partial charge on any atom is 0.238 e. The Morgan fingerprint density at radius 1 is 1.07 bits per heavy atom. The molecule has 138 valence electrons. The van der Waals surface area contributed by atoms with E-state index in [4.69, 9.17) is 9.72 Å². The molecule has 1 aromatic heterocycles. The molecule has 2 aromatic carbocycles. The summed E-state index contributed by atoms with van der Waals surface area (Å²) in [7, 11) is 0. The summed E-state index contributed by atoms with van der Waals surface area (Å²) in [4.78, 5) is 19.2. The van der Waals surface area contributed by atoms with Crippen LogP contribution in [-0.4, -0.2) is 48.6 Å². The van der Waals surface area contributed by atoms with Gasteiger partial charge < -0.3 is 10.1 Å². The van der Waals surface area contributed by atoms with Crippen LogP contribution >= 0.6 is 11.3 Å². The van der Waals surface area contributed by atoms with Gasteiger partial charge in [-0.3, -0.25) is 9.69 Å². The Morgan fingerprint density at radius 2 is 1.85 bits per heavy atom. The minimum Gasteiger partial charge on any atom is -0.379 e. The van der Waals surface area contributed by atoms with E-state index in [1.165, 1.54) is 0 Å². The number of nitrogens with zero attached hydrogens (tertiary/aromatic N) is 2. The minimum atomic E-state index is -0.00170. The number of thiazole rings is 1. The fraction of sp³-hybridized carbons (Fsp3) is 0.238. The van der Waals surface area contributed by atoms with Crippen molar-refractivity contribution in [3.63, 3.8) is 0 Å². The van der Waals surface area contributed by atoms with Gasteiger partial charge in [0.15, 0.2) is 0 Å². The number of carbonyl (C=O) groups excluding carboxylic acids is 1. The van der Waals surface area contributed by atoms with Crippen LogP contribution in [0.25, 0.3) is 21.8 Å². The Balaban J connectivity index is 1.44. The van der Waals surface area contributed by atoms with Crippen molar-refractivity contribution < 1.29 is 9.53 Å². The Morgan fingerprint density at radius 3 is 2.67 bits per heavy atom. The van der Waals surface area contributed by atoms with Crippen LogP contribution < -0.4 is 5.32 Å². The molecule has 3 aromatic rings. The van der Waals surface area contributed by atoms with Gasteiger partial charge in [-0.05, 0) is 12.1 Å². The summed E-state index contributed by atoms with van der Waals surface area (Å²) < 4.78 is 5.32. The lowest BCUT2D eigenvalue weighted by Gasteiger charge is -2.25. The molecule has 1 aliphatic rings. The van der Waals surface area contributed by atoms with E-state index in [-0.39, 0.29) is 5.91 Å². The summed E-state index contributed by atoms with van der Waals surface area (Å²) in [5, 5.41) is 6.00. The third-order valence-electron chi connectivity index (χ3n) is 4.44. The molecule has 0 unspecified atom stereocenters. The van der Waals surface area contributed by atoms with Crippen LogP contribution in [0.15, 0.2) is 60.0 Å². The average molecular weight is 379 g/mol. The van der Waals surface area contributed by atoms with Gasteiger partial charge in [-0.2, -0.15) is 0 Å². The van der Waals surface area contributed by atoms with Gasteiger partial charge in [0.2, 0.25) is 5.91 Å². The SMILES string of the molecule is O=C(CN1CCOCC1)Nc1cccc(-c2nc(-c3ccccc3)cs2)c1. The molecular formula is C21H21N3O2S. The maximum absolute atomic E-state index is 12.3. The van der Waals surface area contributed by atoms with Crippen LogP contribution in [0.4, 0.5) is 5.69 Å². The molecule has 1 aliphatic heterocycles. The molecule has 4 rings (SSSR count). The summed E-state index contributed by atoms with van der Waals surface area (Å²) in [5.74, 6) is -0.00170. The molecule has 0 aliphatic carbocycles. The van der Waals surface area contributed by atoms with Crippen molar-refractivity contribution in [2.24, 2.45) is 0 Å². The highest BCUT2D eigenvalue weighted by atomic mass is 32.1. The van der Waals surface area contributed by atoms with Crippen molar-refractivity contribution in [1.29, 1.82) is 0 Å². The topological polar surface area (TPSA) is 54.5 Å². The summed E-state index contributed by atoms with van der Waals surface area (Å²) in [6.07, 6.45) is 0. The van der Waals surface area contributed by atoms with E-state index < -0.39 is 0 Å². The highest BCUT2D eigenvalue weighted by Gasteiger charge is 2.14. The van der Waals surface area contributed by atoms with E-state index in [0.717, 1.165) is 40.6 Å². The number of hydrogen-bond acceptors (Lipinski definition) is 5. The lowest BCUT2D eigenvalue weighted by atomic mass is 10.2. The third kappa shape index (κ3) is 4.60. The molecule has 6 heteroatoms. The van der Waals surface area contributed by atoms with Crippen molar-refractivity contribution in [3.05, 3.63) is 60.0 Å². The molecule has 1 fully saturated rings. The van der Waals surface area contributed by atoms with Crippen molar-refractivity contribution >= 4 is 22.9 Å². The lowest BCUT2D eigenvalue weighted by molar-refractivity contribution is -0.118. The van der Waals surface area contributed by atoms with E-state index in [2.05, 4.69) is 27.7 Å². The molecule has 0 bridgehead atoms. The molecule has 1 N–H and O–H groups in total. The normalized spacial score (nSPS) is 14.8. The molecular weight excluding hydrogens is 358 g/mol. The molecule has 2 heterocycles. The van der Waals surface area contributed by atoms with Gasteiger partial charge >= 0.3 is 0 Å². The molecule has 5 nitrogen and oxygen atoms in total. The van der Waals surface area contributed by atoms with Crippen molar-refractivity contribution in [2.75, 3.05) is 38.2 Å². The molecule has 1 amide bonds. The predicted octanol–water partition coefficient (Wildman–Crippen LogP) is 3.75. The summed E-state index contributed by atoms with van der Waals surface area (Å²) in [6, 6.07) is 18.0. The van der Waals surface area contributed by atoms with Crippen molar-refractivity contribution in [3.8, 4) is 21.8 Å². The van der Waals surface area contributed by atoms with Gasteiger partial charge in [0.1, 0.15) is 5.01 Å². The number of anilines is 1. The molecule has 1 saturated heterocycles. The second-order valence-electron chi connectivity index (χ2n) is 6.42. The largest absolute Gasteiger partial charge is 0.379 e. The number of benzene rings is 2. The van der Waals surface area contributed by atoms with Crippen LogP contribution in [0.1, 0.15) is 0 Å². The number of morpholine rings is 1. The quantitative estimate of drug-likeness (QED) is 0.734. The highest BCUT2D eigenvalue weighted by molar-refractivity contribution is 7.13. The van der Waals surface area contributed by atoms with Gasteiger partial charge in [-0.15, -0.1) is 11.3 Å². The zero-order chi connectivity index (χ0) is 18.5. The van der Waals surface area contributed by atoms with Crippen LogP contribution in [0.2, 0.25) is 0 Å². The monoisotopic (exact) mass is 379 g/mol. The fourth-order valence-electron chi connectivity index (χ4n) is 3.04. The van der Waals surface area contributed by atoms with Gasteiger partial charge in [0.25, 0.3) is 0 Å². The van der Waals surface area contributed by atoms with Crippen LogP contribution in [0, 0.1) is 0 Å². The number of aromatic nitrogens is 1. The maximum atomic E-state index is 12.3. The van der Waals surface area contributed by atoms with Crippen LogP contribution in [0.5, 0.6) is 0 Å². The average Bonchev–Trinajstić information content (AvgIpc) is 3.20. The Labute approximate surface area is 162 Å². The fourth-order valence-corrected chi connectivity index (χ4v) is 3.87. The number of nitrogens with one attached hydrogen (secondary N) is 1. The Hall–Kier alpha value is -2.54. The zero-order valence-corrected chi connectivity index (χ0v) is 15.7. The zero-order valence-electron chi connectivity index (χ0n) is 14.9. The van der Waals surface area contributed by atoms with E-state index >= 15 is 0 Å². The summed E-state index contributed by atoms with van der Waals surface area (Å²) >= 11 is 1.61. The first kappa shape index (κ1) is 17.9. The van der Waals surface area contributed by atoms with Crippen LogP contribution in [0.3, 0.4) is 0 Å². The summed E-state index contributed by atoms with van der Waals surface area (Å²) in [5.41, 5.74) is 3.88. The molecule has 0 spiro atoms. The van der Waals surface area contributed by atoms with Crippen LogP contribution in [-0.2, 0) is 9.53 Å². The van der Waals surface area contributed by atoms with E-state index in [0.29, 0.717) is 19.8 Å². The molecule has 0 atom stereocenters. The number of rotatable bonds is 5. The molecule has 27 heavy (non-hydrogen) atoms. The first-order chi connectivity index (χ1) is 13.3. The standard InChI is InChI=1S/C21H21N3O2S/c25-20(14-24-9-11-26-12-10-24)22-18-8-4-7-17(13-18)21-23-19(15-27-21)16-5-2-1-3-6-16/h1-8,13,15H,9-12,14H2,(H,22,25). The molecule has 0 radical (unpaired) electrons. The van der Waals surface area contributed by atoms with Gasteiger partial charge in [-0.1, -0.05) is 42.5 Å². The summed E-state index contributed by atoms with van der Waals surface area (Å²) in [6.45, 7) is 3.37. The van der Waals surface area contributed by atoms with E-state index in [1.54, 1.807) is 11.3 Å². The van der Waals surface area contributed by atoms with Crippen molar-refractivity contribution in [2.45, 2.75) is 0 Å². The number of ether oxygens (including phenoxy) is 1. The minimum absolute atomic E-state index is 0.00170. The van der Waals surface area contributed by atoms with Gasteiger partial charge in [-0.25, -0.2) is 4.98 Å². The van der Waals surface area contributed by atoms with Gasteiger partial charge in [0.05, 0.1) is 25.5 Å². The first-order valence-electron chi connectivity index (χ1n) is 8.99. The van der Waals surface area contributed by atoms with E-state index in [9.17, 15) is 4.79 Å². The predicted molar refractivity (Wildman–Crippen MR) is 109 cm³/mol.